The lowest BCUT2D eigenvalue weighted by Crippen LogP contribution is -2.44. The number of aromatic nitrogens is 1. The number of carbonyl (C=O) groups is 1. The Morgan fingerprint density at radius 1 is 1.23 bits per heavy atom. The van der Waals surface area contributed by atoms with Gasteiger partial charge in [-0.2, -0.15) is 0 Å². The van der Waals surface area contributed by atoms with E-state index in [2.05, 4.69) is 21.3 Å². The number of rotatable bonds is 4. The van der Waals surface area contributed by atoms with E-state index in [0.29, 0.717) is 0 Å². The molecule has 2 aliphatic heterocycles. The Hall–Kier alpha value is -2.82. The van der Waals surface area contributed by atoms with Gasteiger partial charge in [-0.1, -0.05) is 12.1 Å². The molecule has 134 valence electrons. The zero-order valence-electron chi connectivity index (χ0n) is 14.7. The number of pyridine rings is 1. The normalized spacial score (nSPS) is 17.2. The third-order valence-corrected chi connectivity index (χ3v) is 4.96. The van der Waals surface area contributed by atoms with Gasteiger partial charge in [-0.3, -0.25) is 4.79 Å². The van der Waals surface area contributed by atoms with Crippen LogP contribution in [-0.2, 0) is 11.2 Å². The number of anilines is 1. The minimum absolute atomic E-state index is 0.0296. The highest BCUT2D eigenvalue weighted by atomic mass is 16.5. The molecule has 0 saturated carbocycles. The van der Waals surface area contributed by atoms with Crippen molar-refractivity contribution in [2.75, 3.05) is 24.6 Å². The minimum Gasteiger partial charge on any atom is -0.493 e. The van der Waals surface area contributed by atoms with Crippen LogP contribution in [0.2, 0.25) is 0 Å². The van der Waals surface area contributed by atoms with Crippen molar-refractivity contribution in [1.82, 2.24) is 10.3 Å². The molecule has 1 N–H and O–H groups in total. The van der Waals surface area contributed by atoms with E-state index >= 15 is 0 Å². The number of amides is 1. The fourth-order valence-corrected chi connectivity index (χ4v) is 3.53. The molecular formula is C21H23N3O2. The number of benzene rings is 1. The molecule has 1 saturated heterocycles. The number of ether oxygens (including phenoxy) is 1. The van der Waals surface area contributed by atoms with Crippen LogP contribution in [0.5, 0.6) is 5.75 Å². The molecule has 2 aliphatic rings. The highest BCUT2D eigenvalue weighted by Gasteiger charge is 2.20. The Balaban J connectivity index is 1.28. The van der Waals surface area contributed by atoms with E-state index < -0.39 is 0 Å². The highest BCUT2D eigenvalue weighted by Crippen LogP contribution is 2.26. The molecule has 1 amide bonds. The van der Waals surface area contributed by atoms with Crippen LogP contribution >= 0.6 is 0 Å². The zero-order chi connectivity index (χ0) is 17.8. The van der Waals surface area contributed by atoms with Crippen molar-refractivity contribution in [2.45, 2.75) is 25.3 Å². The van der Waals surface area contributed by atoms with Crippen LogP contribution in [0.3, 0.4) is 0 Å². The summed E-state index contributed by atoms with van der Waals surface area (Å²) in [6, 6.07) is 12.2. The first-order valence-electron chi connectivity index (χ1n) is 9.18. The lowest BCUT2D eigenvalue weighted by molar-refractivity contribution is -0.117. The SMILES string of the molecule is O=C(/C=C/c1ccc2c(c1)CCO2)NC1CCN(c2ccccn2)CC1. The van der Waals surface area contributed by atoms with Crippen molar-refractivity contribution in [2.24, 2.45) is 0 Å². The predicted octanol–water partition coefficient (Wildman–Crippen LogP) is 2.81. The average molecular weight is 349 g/mol. The van der Waals surface area contributed by atoms with Crippen LogP contribution < -0.4 is 15.0 Å². The first-order chi connectivity index (χ1) is 12.8. The van der Waals surface area contributed by atoms with Gasteiger partial charge in [-0.25, -0.2) is 4.98 Å². The summed E-state index contributed by atoms with van der Waals surface area (Å²) in [6.07, 6.45) is 8.13. The predicted molar refractivity (Wildman–Crippen MR) is 102 cm³/mol. The van der Waals surface area contributed by atoms with Gasteiger partial charge < -0.3 is 15.0 Å². The van der Waals surface area contributed by atoms with Gasteiger partial charge >= 0.3 is 0 Å². The van der Waals surface area contributed by atoms with E-state index in [0.717, 1.165) is 56.1 Å². The number of hydrogen-bond acceptors (Lipinski definition) is 4. The van der Waals surface area contributed by atoms with E-state index in [4.69, 9.17) is 4.74 Å². The monoisotopic (exact) mass is 349 g/mol. The van der Waals surface area contributed by atoms with Crippen LogP contribution in [-0.4, -0.2) is 36.6 Å². The van der Waals surface area contributed by atoms with Crippen LogP contribution in [0.15, 0.2) is 48.7 Å². The number of carbonyl (C=O) groups excluding carboxylic acids is 1. The second-order valence-corrected chi connectivity index (χ2v) is 6.76. The van der Waals surface area contributed by atoms with Crippen molar-refractivity contribution in [3.05, 3.63) is 59.8 Å². The lowest BCUT2D eigenvalue weighted by atomic mass is 10.0. The van der Waals surface area contributed by atoms with Crippen molar-refractivity contribution >= 4 is 17.8 Å². The molecule has 3 heterocycles. The molecule has 0 unspecified atom stereocenters. The number of hydrogen-bond donors (Lipinski definition) is 1. The third-order valence-electron chi connectivity index (χ3n) is 4.96. The highest BCUT2D eigenvalue weighted by molar-refractivity contribution is 5.92. The molecule has 1 aromatic carbocycles. The first kappa shape index (κ1) is 16.6. The average Bonchev–Trinajstić information content (AvgIpc) is 3.15. The van der Waals surface area contributed by atoms with Gasteiger partial charge in [0.1, 0.15) is 11.6 Å². The number of fused-ring (bicyclic) bond motifs is 1. The van der Waals surface area contributed by atoms with Crippen LogP contribution in [0.25, 0.3) is 6.08 Å². The molecule has 2 aromatic rings. The summed E-state index contributed by atoms with van der Waals surface area (Å²) in [4.78, 5) is 18.9. The van der Waals surface area contributed by atoms with Gasteiger partial charge in [-0.15, -0.1) is 0 Å². The van der Waals surface area contributed by atoms with Crippen molar-refractivity contribution < 1.29 is 9.53 Å². The summed E-state index contributed by atoms with van der Waals surface area (Å²) < 4.78 is 5.51. The number of nitrogens with one attached hydrogen (secondary N) is 1. The van der Waals surface area contributed by atoms with Crippen LogP contribution in [0.4, 0.5) is 5.82 Å². The van der Waals surface area contributed by atoms with Gasteiger partial charge in [0.15, 0.2) is 0 Å². The molecular weight excluding hydrogens is 326 g/mol. The maximum Gasteiger partial charge on any atom is 0.244 e. The summed E-state index contributed by atoms with van der Waals surface area (Å²) in [5.74, 6) is 1.95. The molecule has 0 spiro atoms. The van der Waals surface area contributed by atoms with Crippen molar-refractivity contribution in [1.29, 1.82) is 0 Å². The summed E-state index contributed by atoms with van der Waals surface area (Å²) >= 11 is 0. The van der Waals surface area contributed by atoms with Gasteiger partial charge in [0.05, 0.1) is 6.61 Å². The molecule has 0 bridgehead atoms. The molecule has 0 radical (unpaired) electrons. The lowest BCUT2D eigenvalue weighted by Gasteiger charge is -2.32. The summed E-state index contributed by atoms with van der Waals surface area (Å²) in [5, 5.41) is 3.12. The zero-order valence-corrected chi connectivity index (χ0v) is 14.7. The van der Waals surface area contributed by atoms with Crippen LogP contribution in [0.1, 0.15) is 24.0 Å². The Morgan fingerprint density at radius 2 is 2.12 bits per heavy atom. The molecule has 5 heteroatoms. The Labute approximate surface area is 153 Å². The van der Waals surface area contributed by atoms with Crippen molar-refractivity contribution in [3.8, 4) is 5.75 Å². The fraction of sp³-hybridized carbons (Fsp3) is 0.333. The summed E-state index contributed by atoms with van der Waals surface area (Å²) in [7, 11) is 0. The second kappa shape index (κ2) is 7.60. The summed E-state index contributed by atoms with van der Waals surface area (Å²) in [5.41, 5.74) is 2.25. The van der Waals surface area contributed by atoms with Gasteiger partial charge in [0.25, 0.3) is 0 Å². The third kappa shape index (κ3) is 3.87. The van der Waals surface area contributed by atoms with E-state index in [9.17, 15) is 4.79 Å². The maximum atomic E-state index is 12.2. The van der Waals surface area contributed by atoms with Crippen LogP contribution in [0, 0.1) is 0 Å². The molecule has 1 aromatic heterocycles. The standard InChI is InChI=1S/C21H23N3O2/c25-21(7-5-16-4-6-19-17(15-16)10-14-26-19)23-18-8-12-24(13-9-18)20-3-1-2-11-22-20/h1-7,11,15,18H,8-10,12-14H2,(H,23,25)/b7-5+. The molecule has 0 aliphatic carbocycles. The fourth-order valence-electron chi connectivity index (χ4n) is 3.53. The Bertz CT molecular complexity index is 796. The topological polar surface area (TPSA) is 54.5 Å². The molecule has 4 rings (SSSR count). The van der Waals surface area contributed by atoms with Gasteiger partial charge in [0, 0.05) is 37.8 Å². The van der Waals surface area contributed by atoms with E-state index in [-0.39, 0.29) is 11.9 Å². The smallest absolute Gasteiger partial charge is 0.244 e. The molecule has 0 atom stereocenters. The van der Waals surface area contributed by atoms with Crippen molar-refractivity contribution in [3.63, 3.8) is 0 Å². The first-order valence-corrected chi connectivity index (χ1v) is 9.18. The maximum absolute atomic E-state index is 12.2. The number of nitrogens with zero attached hydrogens (tertiary/aromatic N) is 2. The second-order valence-electron chi connectivity index (χ2n) is 6.76. The van der Waals surface area contributed by atoms with Gasteiger partial charge in [0.2, 0.25) is 5.91 Å². The van der Waals surface area contributed by atoms with E-state index in [1.807, 2.05) is 42.6 Å². The van der Waals surface area contributed by atoms with E-state index in [1.54, 1.807) is 6.08 Å². The number of piperidine rings is 1. The van der Waals surface area contributed by atoms with E-state index in [1.165, 1.54) is 5.56 Å². The quantitative estimate of drug-likeness (QED) is 0.863. The molecule has 5 nitrogen and oxygen atoms in total. The summed E-state index contributed by atoms with van der Waals surface area (Å²) in [6.45, 7) is 2.58. The molecule has 26 heavy (non-hydrogen) atoms. The Kier molecular flexibility index (Phi) is 4.86. The Morgan fingerprint density at radius 3 is 2.92 bits per heavy atom. The minimum atomic E-state index is -0.0296. The molecule has 1 fully saturated rings. The van der Waals surface area contributed by atoms with Gasteiger partial charge in [-0.05, 0) is 54.3 Å². The largest absolute Gasteiger partial charge is 0.493 e.